The van der Waals surface area contributed by atoms with E-state index in [4.69, 9.17) is 30.5 Å². The summed E-state index contributed by atoms with van der Waals surface area (Å²) in [5.74, 6) is 0.922. The van der Waals surface area contributed by atoms with E-state index in [2.05, 4.69) is 0 Å². The number of hydrogen-bond donors (Lipinski definition) is 1. The zero-order valence-electron chi connectivity index (χ0n) is 17.0. The van der Waals surface area contributed by atoms with Crippen molar-refractivity contribution in [3.05, 3.63) is 40.9 Å². The van der Waals surface area contributed by atoms with E-state index in [1.807, 2.05) is 20.8 Å². The van der Waals surface area contributed by atoms with Crippen LogP contribution in [-0.2, 0) is 4.74 Å². The van der Waals surface area contributed by atoms with Gasteiger partial charge in [0.2, 0.25) is 5.75 Å². The van der Waals surface area contributed by atoms with Crippen molar-refractivity contribution in [1.82, 2.24) is 0 Å². The third kappa shape index (κ3) is 6.46. The lowest BCUT2D eigenvalue weighted by molar-refractivity contribution is 0.0504. The summed E-state index contributed by atoms with van der Waals surface area (Å²) >= 11 is 6.19. The smallest absolute Gasteiger partial charge is 0.338 e. The quantitative estimate of drug-likeness (QED) is 0.449. The van der Waals surface area contributed by atoms with Gasteiger partial charge in [0.15, 0.2) is 11.5 Å². The molecular formula is C22H27ClO6. The maximum atomic E-state index is 12.4. The number of halogens is 1. The SMILES string of the molecule is CCCOC(=O)c1cc(OCCC)c(Oc2ccc(O)cc2Cl)c(OCCC)c1. The molecule has 0 atom stereocenters. The first-order valence-electron chi connectivity index (χ1n) is 9.77. The van der Waals surface area contributed by atoms with E-state index < -0.39 is 5.97 Å². The number of phenolic OH excluding ortho intramolecular Hbond substituents is 1. The van der Waals surface area contributed by atoms with Gasteiger partial charge in [-0.25, -0.2) is 4.79 Å². The molecule has 0 bridgehead atoms. The van der Waals surface area contributed by atoms with Crippen molar-refractivity contribution in [2.24, 2.45) is 0 Å². The predicted molar refractivity (Wildman–Crippen MR) is 112 cm³/mol. The van der Waals surface area contributed by atoms with Crippen molar-refractivity contribution >= 4 is 17.6 Å². The molecule has 6 nitrogen and oxygen atoms in total. The Morgan fingerprint density at radius 1 is 0.897 bits per heavy atom. The summed E-state index contributed by atoms with van der Waals surface area (Å²) in [6, 6.07) is 7.56. The van der Waals surface area contributed by atoms with Crippen molar-refractivity contribution < 1.29 is 28.8 Å². The molecule has 0 aromatic heterocycles. The Morgan fingerprint density at radius 3 is 2.00 bits per heavy atom. The molecule has 0 unspecified atom stereocenters. The molecule has 0 saturated carbocycles. The summed E-state index contributed by atoms with van der Waals surface area (Å²) in [6.45, 7) is 7.07. The lowest BCUT2D eigenvalue weighted by Crippen LogP contribution is -2.09. The molecule has 0 radical (unpaired) electrons. The molecule has 0 saturated heterocycles. The van der Waals surface area contributed by atoms with Crippen LogP contribution in [0.3, 0.4) is 0 Å². The van der Waals surface area contributed by atoms with Crippen LogP contribution in [0, 0.1) is 0 Å². The van der Waals surface area contributed by atoms with Gasteiger partial charge in [0.25, 0.3) is 0 Å². The van der Waals surface area contributed by atoms with Gasteiger partial charge >= 0.3 is 5.97 Å². The summed E-state index contributed by atoms with van der Waals surface area (Å²) in [6.07, 6.45) is 2.27. The van der Waals surface area contributed by atoms with Crippen LogP contribution in [0.25, 0.3) is 0 Å². The van der Waals surface area contributed by atoms with Crippen LogP contribution < -0.4 is 14.2 Å². The zero-order chi connectivity index (χ0) is 21.2. The van der Waals surface area contributed by atoms with Gasteiger partial charge in [0.05, 0.1) is 30.4 Å². The fraction of sp³-hybridized carbons (Fsp3) is 0.409. The lowest BCUT2D eigenvalue weighted by Gasteiger charge is -2.18. The van der Waals surface area contributed by atoms with Crippen molar-refractivity contribution in [2.45, 2.75) is 40.0 Å². The van der Waals surface area contributed by atoms with Crippen molar-refractivity contribution in [3.8, 4) is 28.7 Å². The van der Waals surface area contributed by atoms with Crippen LogP contribution in [0.5, 0.6) is 28.7 Å². The Labute approximate surface area is 176 Å². The van der Waals surface area contributed by atoms with E-state index in [9.17, 15) is 9.90 Å². The molecule has 0 aliphatic carbocycles. The molecule has 2 aromatic carbocycles. The molecule has 29 heavy (non-hydrogen) atoms. The third-order valence-corrected chi connectivity index (χ3v) is 4.04. The predicted octanol–water partition coefficient (Wildman–Crippen LogP) is 5.98. The van der Waals surface area contributed by atoms with E-state index in [-0.39, 0.29) is 10.8 Å². The van der Waals surface area contributed by atoms with E-state index in [1.165, 1.54) is 12.1 Å². The first-order valence-corrected chi connectivity index (χ1v) is 10.1. The second-order valence-electron chi connectivity index (χ2n) is 6.35. The number of esters is 1. The number of aromatic hydroxyl groups is 1. The molecule has 2 aromatic rings. The Bertz CT molecular complexity index is 792. The highest BCUT2D eigenvalue weighted by molar-refractivity contribution is 6.32. The van der Waals surface area contributed by atoms with Crippen LogP contribution >= 0.6 is 11.6 Å². The van der Waals surface area contributed by atoms with E-state index in [0.29, 0.717) is 48.4 Å². The number of carbonyl (C=O) groups is 1. The Balaban J connectivity index is 2.49. The lowest BCUT2D eigenvalue weighted by atomic mass is 10.1. The highest BCUT2D eigenvalue weighted by Gasteiger charge is 2.21. The molecule has 0 amide bonds. The second kappa shape index (κ2) is 11.4. The molecular weight excluding hydrogens is 396 g/mol. The summed E-state index contributed by atoms with van der Waals surface area (Å²) in [5, 5.41) is 9.81. The number of ether oxygens (including phenoxy) is 4. The summed E-state index contributed by atoms with van der Waals surface area (Å²) < 4.78 is 22.9. The molecule has 0 fully saturated rings. The van der Waals surface area contributed by atoms with Gasteiger partial charge in [0, 0.05) is 6.07 Å². The van der Waals surface area contributed by atoms with Gasteiger partial charge < -0.3 is 24.1 Å². The van der Waals surface area contributed by atoms with Gasteiger partial charge in [-0.2, -0.15) is 0 Å². The molecule has 158 valence electrons. The minimum atomic E-state index is -0.455. The van der Waals surface area contributed by atoms with Crippen molar-refractivity contribution in [2.75, 3.05) is 19.8 Å². The van der Waals surface area contributed by atoms with Crippen LogP contribution in [0.4, 0.5) is 0 Å². The van der Waals surface area contributed by atoms with Crippen LogP contribution in [0.1, 0.15) is 50.4 Å². The first-order chi connectivity index (χ1) is 14.0. The second-order valence-corrected chi connectivity index (χ2v) is 6.76. The number of benzene rings is 2. The Hall–Kier alpha value is -2.60. The topological polar surface area (TPSA) is 74.2 Å². The van der Waals surface area contributed by atoms with E-state index in [0.717, 1.165) is 19.3 Å². The minimum Gasteiger partial charge on any atom is -0.508 e. The van der Waals surface area contributed by atoms with Gasteiger partial charge in [0.1, 0.15) is 11.5 Å². The zero-order valence-corrected chi connectivity index (χ0v) is 17.8. The fourth-order valence-electron chi connectivity index (χ4n) is 2.39. The molecule has 7 heteroatoms. The molecule has 1 N–H and O–H groups in total. The average Bonchev–Trinajstić information content (AvgIpc) is 2.71. The van der Waals surface area contributed by atoms with Crippen molar-refractivity contribution in [3.63, 3.8) is 0 Å². The number of hydrogen-bond acceptors (Lipinski definition) is 6. The van der Waals surface area contributed by atoms with Crippen molar-refractivity contribution in [1.29, 1.82) is 0 Å². The molecule has 2 rings (SSSR count). The first kappa shape index (κ1) is 22.7. The summed E-state index contributed by atoms with van der Waals surface area (Å²) in [5.41, 5.74) is 0.319. The standard InChI is InChI=1S/C22H27ClO6/c1-4-9-26-19-12-15(22(25)28-11-6-3)13-20(27-10-5-2)21(19)29-18-8-7-16(24)14-17(18)23/h7-8,12-14,24H,4-6,9-11H2,1-3H3. The number of carbonyl (C=O) groups excluding carboxylic acids is 1. The van der Waals surface area contributed by atoms with Gasteiger partial charge in [-0.3, -0.25) is 0 Å². The molecule has 0 aliphatic heterocycles. The van der Waals surface area contributed by atoms with Gasteiger partial charge in [-0.15, -0.1) is 0 Å². The van der Waals surface area contributed by atoms with E-state index >= 15 is 0 Å². The fourth-order valence-corrected chi connectivity index (χ4v) is 2.61. The van der Waals surface area contributed by atoms with Crippen LogP contribution in [0.15, 0.2) is 30.3 Å². The number of phenols is 1. The van der Waals surface area contributed by atoms with Crippen LogP contribution in [0.2, 0.25) is 5.02 Å². The van der Waals surface area contributed by atoms with Gasteiger partial charge in [-0.05, 0) is 43.5 Å². The normalized spacial score (nSPS) is 10.5. The molecule has 0 heterocycles. The average molecular weight is 423 g/mol. The van der Waals surface area contributed by atoms with Crippen LogP contribution in [-0.4, -0.2) is 30.9 Å². The summed E-state index contributed by atoms with van der Waals surface area (Å²) in [7, 11) is 0. The Kier molecular flexibility index (Phi) is 8.93. The molecule has 0 spiro atoms. The van der Waals surface area contributed by atoms with E-state index in [1.54, 1.807) is 18.2 Å². The number of rotatable bonds is 11. The van der Waals surface area contributed by atoms with Gasteiger partial charge in [-0.1, -0.05) is 32.4 Å². The minimum absolute atomic E-state index is 0.0290. The summed E-state index contributed by atoms with van der Waals surface area (Å²) in [4.78, 5) is 12.4. The Morgan fingerprint density at radius 2 is 1.48 bits per heavy atom. The highest BCUT2D eigenvalue weighted by Crippen LogP contribution is 2.44. The maximum absolute atomic E-state index is 12.4. The monoisotopic (exact) mass is 422 g/mol. The third-order valence-electron chi connectivity index (χ3n) is 3.74. The maximum Gasteiger partial charge on any atom is 0.338 e. The largest absolute Gasteiger partial charge is 0.508 e. The molecule has 0 aliphatic rings. The highest BCUT2D eigenvalue weighted by atomic mass is 35.5.